The fraction of sp³-hybridized carbons (Fsp3) is 0.364. The molecule has 2 atom stereocenters. The van der Waals surface area contributed by atoms with Gasteiger partial charge in [0, 0.05) is 34.3 Å². The number of ether oxygens (including phenoxy) is 1. The number of rotatable bonds is 4. The zero-order valence-corrected chi connectivity index (χ0v) is 15.5. The number of aromatic amines is 1. The lowest BCUT2D eigenvalue weighted by Crippen LogP contribution is -2.38. The molecule has 0 spiro atoms. The number of fused-ring (bicyclic) bond motifs is 3. The van der Waals surface area contributed by atoms with Gasteiger partial charge in [0.15, 0.2) is 0 Å². The van der Waals surface area contributed by atoms with Crippen LogP contribution in [-0.4, -0.2) is 17.6 Å². The van der Waals surface area contributed by atoms with Gasteiger partial charge in [0.1, 0.15) is 11.6 Å². The van der Waals surface area contributed by atoms with Crippen LogP contribution in [0.3, 0.4) is 0 Å². The van der Waals surface area contributed by atoms with Crippen molar-refractivity contribution in [1.82, 2.24) is 10.3 Å². The van der Waals surface area contributed by atoms with Crippen molar-refractivity contribution in [3.05, 3.63) is 64.6 Å². The van der Waals surface area contributed by atoms with Gasteiger partial charge in [0.05, 0.1) is 12.6 Å². The summed E-state index contributed by atoms with van der Waals surface area (Å²) in [5.74, 6) is 0.388. The molecule has 0 aliphatic carbocycles. The molecule has 3 aromatic rings. The molecule has 1 aliphatic rings. The second-order valence-electron chi connectivity index (χ2n) is 7.25. The highest BCUT2D eigenvalue weighted by atomic mass is 19.1. The smallest absolute Gasteiger partial charge is 0.132 e. The maximum Gasteiger partial charge on any atom is 0.132 e. The molecule has 2 heterocycles. The Morgan fingerprint density at radius 2 is 2.04 bits per heavy atom. The summed E-state index contributed by atoms with van der Waals surface area (Å²) in [6.07, 6.45) is 1.84. The molecule has 0 saturated carbocycles. The maximum absolute atomic E-state index is 15.1. The number of aryl methyl sites for hydroxylation is 1. The first-order chi connectivity index (χ1) is 12.6. The van der Waals surface area contributed by atoms with Gasteiger partial charge < -0.3 is 15.0 Å². The number of para-hydroxylation sites is 1. The highest BCUT2D eigenvalue weighted by Gasteiger charge is 2.31. The molecule has 0 bridgehead atoms. The lowest BCUT2D eigenvalue weighted by atomic mass is 9.89. The van der Waals surface area contributed by atoms with Crippen molar-refractivity contribution in [1.29, 1.82) is 0 Å². The van der Waals surface area contributed by atoms with Crippen LogP contribution in [0.15, 0.2) is 36.4 Å². The van der Waals surface area contributed by atoms with Crippen LogP contribution in [0.5, 0.6) is 5.75 Å². The first-order valence-corrected chi connectivity index (χ1v) is 9.36. The number of hydrogen-bond acceptors (Lipinski definition) is 2. The van der Waals surface area contributed by atoms with E-state index in [0.29, 0.717) is 17.9 Å². The third-order valence-electron chi connectivity index (χ3n) is 5.17. The molecule has 0 amide bonds. The molecule has 136 valence electrons. The van der Waals surface area contributed by atoms with E-state index >= 15 is 4.39 Å². The predicted octanol–water partition coefficient (Wildman–Crippen LogP) is 5.03. The van der Waals surface area contributed by atoms with Crippen LogP contribution in [0.4, 0.5) is 4.39 Å². The Kier molecular flexibility index (Phi) is 4.45. The molecule has 1 aromatic heterocycles. The van der Waals surface area contributed by atoms with Crippen LogP contribution in [0.2, 0.25) is 0 Å². The van der Waals surface area contributed by atoms with Gasteiger partial charge in [-0.2, -0.15) is 0 Å². The molecule has 2 N–H and O–H groups in total. The molecule has 4 heteroatoms. The summed E-state index contributed by atoms with van der Waals surface area (Å²) in [5, 5.41) is 4.82. The highest BCUT2D eigenvalue weighted by Crippen LogP contribution is 2.38. The Morgan fingerprint density at radius 1 is 1.23 bits per heavy atom. The quantitative estimate of drug-likeness (QED) is 0.691. The van der Waals surface area contributed by atoms with Crippen LogP contribution < -0.4 is 10.1 Å². The number of H-pyrrole nitrogens is 1. The lowest BCUT2D eigenvalue weighted by molar-refractivity contribution is 0.315. The number of hydrogen-bond donors (Lipinski definition) is 2. The summed E-state index contributed by atoms with van der Waals surface area (Å²) in [5.41, 5.74) is 5.09. The molecule has 26 heavy (non-hydrogen) atoms. The normalized spacial score (nSPS) is 19.5. The van der Waals surface area contributed by atoms with Gasteiger partial charge in [0.25, 0.3) is 0 Å². The molecular formula is C22H25FN2O. The molecule has 0 radical (unpaired) electrons. The van der Waals surface area contributed by atoms with Crippen LogP contribution in [-0.2, 0) is 6.42 Å². The minimum Gasteiger partial charge on any atom is -0.493 e. The summed E-state index contributed by atoms with van der Waals surface area (Å²) in [6, 6.07) is 11.9. The largest absolute Gasteiger partial charge is 0.493 e. The van der Waals surface area contributed by atoms with Gasteiger partial charge in [-0.3, -0.25) is 0 Å². The lowest BCUT2D eigenvalue weighted by Gasteiger charge is -2.31. The van der Waals surface area contributed by atoms with Crippen molar-refractivity contribution in [2.45, 2.75) is 45.7 Å². The van der Waals surface area contributed by atoms with Crippen molar-refractivity contribution in [3.63, 3.8) is 0 Å². The van der Waals surface area contributed by atoms with E-state index in [1.807, 2.05) is 26.0 Å². The average Bonchev–Trinajstić information content (AvgIpc) is 2.98. The van der Waals surface area contributed by atoms with E-state index in [9.17, 15) is 0 Å². The summed E-state index contributed by atoms with van der Waals surface area (Å²) in [6.45, 7) is 6.76. The Balaban J connectivity index is 1.82. The van der Waals surface area contributed by atoms with Gasteiger partial charge in [-0.1, -0.05) is 25.1 Å². The second kappa shape index (κ2) is 6.76. The average molecular weight is 352 g/mol. The van der Waals surface area contributed by atoms with Crippen LogP contribution in [0.25, 0.3) is 10.9 Å². The summed E-state index contributed by atoms with van der Waals surface area (Å²) in [4.78, 5) is 3.53. The number of nitrogens with one attached hydrogen (secondary N) is 2. The van der Waals surface area contributed by atoms with E-state index in [1.54, 1.807) is 0 Å². The molecule has 3 nitrogen and oxygen atoms in total. The third kappa shape index (κ3) is 2.88. The van der Waals surface area contributed by atoms with Crippen molar-refractivity contribution < 1.29 is 9.13 Å². The van der Waals surface area contributed by atoms with Gasteiger partial charge >= 0.3 is 0 Å². The Hall–Kier alpha value is -2.33. The summed E-state index contributed by atoms with van der Waals surface area (Å²) >= 11 is 0. The van der Waals surface area contributed by atoms with E-state index < -0.39 is 0 Å². The fourth-order valence-electron chi connectivity index (χ4n) is 4.04. The summed E-state index contributed by atoms with van der Waals surface area (Å²) < 4.78 is 20.7. The topological polar surface area (TPSA) is 37.0 Å². The van der Waals surface area contributed by atoms with Gasteiger partial charge in [-0.05, 0) is 49.9 Å². The molecule has 1 unspecified atom stereocenters. The Bertz CT molecular complexity index is 923. The number of aromatic nitrogens is 1. The van der Waals surface area contributed by atoms with E-state index in [0.717, 1.165) is 29.6 Å². The zero-order valence-electron chi connectivity index (χ0n) is 15.5. The van der Waals surface area contributed by atoms with Crippen molar-refractivity contribution >= 4 is 10.9 Å². The van der Waals surface area contributed by atoms with E-state index in [-0.39, 0.29) is 17.9 Å². The van der Waals surface area contributed by atoms with Crippen molar-refractivity contribution in [3.8, 4) is 5.75 Å². The standard InChI is InChI=1S/C22H25FN2O/c1-4-9-26-15-10-13(2)20(18(23)12-15)22-21-17(11-14(3)24-22)16-7-5-6-8-19(16)25-21/h5-8,10,12,14,22,24-25H,4,9,11H2,1-3H3/t14-,22?/m1/s1. The van der Waals surface area contributed by atoms with Gasteiger partial charge in [0.2, 0.25) is 0 Å². The minimum atomic E-state index is -0.215. The monoisotopic (exact) mass is 352 g/mol. The first kappa shape index (κ1) is 17.1. The van der Waals surface area contributed by atoms with Crippen molar-refractivity contribution in [2.24, 2.45) is 0 Å². The zero-order chi connectivity index (χ0) is 18.3. The molecular weight excluding hydrogens is 327 g/mol. The SMILES string of the molecule is CCCOc1cc(C)c(C2N[C@H](C)Cc3c2[nH]c2ccccc32)c(F)c1. The van der Waals surface area contributed by atoms with Crippen molar-refractivity contribution in [2.75, 3.05) is 6.61 Å². The molecule has 1 aliphatic heterocycles. The van der Waals surface area contributed by atoms with E-state index in [1.165, 1.54) is 17.0 Å². The van der Waals surface area contributed by atoms with E-state index in [2.05, 4.69) is 35.4 Å². The maximum atomic E-state index is 15.1. The molecule has 0 saturated heterocycles. The Morgan fingerprint density at radius 3 is 2.81 bits per heavy atom. The predicted molar refractivity (Wildman–Crippen MR) is 103 cm³/mol. The van der Waals surface area contributed by atoms with E-state index in [4.69, 9.17) is 4.74 Å². The third-order valence-corrected chi connectivity index (χ3v) is 5.17. The molecule has 0 fully saturated rings. The van der Waals surface area contributed by atoms with Gasteiger partial charge in [-0.15, -0.1) is 0 Å². The number of halogens is 1. The highest BCUT2D eigenvalue weighted by molar-refractivity contribution is 5.85. The first-order valence-electron chi connectivity index (χ1n) is 9.36. The molecule has 4 rings (SSSR count). The Labute approximate surface area is 153 Å². The van der Waals surface area contributed by atoms with Crippen LogP contribution in [0.1, 0.15) is 48.7 Å². The van der Waals surface area contributed by atoms with Crippen LogP contribution in [0, 0.1) is 12.7 Å². The van der Waals surface area contributed by atoms with Gasteiger partial charge in [-0.25, -0.2) is 4.39 Å². The fourth-order valence-corrected chi connectivity index (χ4v) is 4.04. The minimum absolute atomic E-state index is 0.179. The number of benzene rings is 2. The second-order valence-corrected chi connectivity index (χ2v) is 7.25. The summed E-state index contributed by atoms with van der Waals surface area (Å²) in [7, 11) is 0. The van der Waals surface area contributed by atoms with Crippen LogP contribution >= 0.6 is 0 Å². The molecule has 2 aromatic carbocycles.